The fourth-order valence-corrected chi connectivity index (χ4v) is 2.82. The minimum atomic E-state index is 0.430. The molecule has 2 rings (SSSR count). The summed E-state index contributed by atoms with van der Waals surface area (Å²) < 4.78 is 0. The Morgan fingerprint density at radius 2 is 2.19 bits per heavy atom. The van der Waals surface area contributed by atoms with Crippen molar-refractivity contribution in [2.24, 2.45) is 5.41 Å². The van der Waals surface area contributed by atoms with E-state index in [1.165, 1.54) is 37.8 Å². The van der Waals surface area contributed by atoms with Crippen molar-refractivity contribution in [3.63, 3.8) is 0 Å². The molecule has 0 atom stereocenters. The summed E-state index contributed by atoms with van der Waals surface area (Å²) in [5, 5.41) is 5.85. The zero-order valence-corrected chi connectivity index (χ0v) is 11.5. The molecular weight excluding hydrogens is 214 g/mol. The Morgan fingerprint density at radius 1 is 1.44 bits per heavy atom. The van der Waals surface area contributed by atoms with E-state index in [-0.39, 0.29) is 0 Å². The molecule has 0 unspecified atom stereocenters. The second-order valence-corrected chi connectivity index (χ2v) is 6.85. The van der Waals surface area contributed by atoms with Crippen molar-refractivity contribution in [3.05, 3.63) is 21.9 Å². The van der Waals surface area contributed by atoms with Gasteiger partial charge in [0, 0.05) is 17.5 Å². The molecular formula is C14H23NS. The predicted octanol–water partition coefficient (Wildman–Crippen LogP) is 3.77. The van der Waals surface area contributed by atoms with Crippen molar-refractivity contribution < 1.29 is 0 Å². The summed E-state index contributed by atoms with van der Waals surface area (Å²) in [6.45, 7) is 8.15. The van der Waals surface area contributed by atoms with Crippen molar-refractivity contribution in [2.75, 3.05) is 6.54 Å². The number of nitrogens with one attached hydrogen (secondary N) is 1. The maximum absolute atomic E-state index is 3.64. The Labute approximate surface area is 103 Å². The largest absolute Gasteiger partial charge is 0.313 e. The third kappa shape index (κ3) is 3.60. The van der Waals surface area contributed by atoms with E-state index in [1.54, 1.807) is 4.88 Å². The topological polar surface area (TPSA) is 12.0 Å². The number of hydrogen-bond acceptors (Lipinski definition) is 2. The Hall–Kier alpha value is -0.340. The Balaban J connectivity index is 1.76. The highest BCUT2D eigenvalue weighted by atomic mass is 32.1. The molecule has 1 aromatic heterocycles. The fraction of sp³-hybridized carbons (Fsp3) is 0.714. The lowest BCUT2D eigenvalue weighted by atomic mass is 9.87. The van der Waals surface area contributed by atoms with Gasteiger partial charge in [0.25, 0.3) is 0 Å². The van der Waals surface area contributed by atoms with Crippen LogP contribution < -0.4 is 5.32 Å². The molecule has 1 saturated carbocycles. The van der Waals surface area contributed by atoms with Crippen LogP contribution in [0.2, 0.25) is 0 Å². The van der Waals surface area contributed by atoms with Gasteiger partial charge in [0.15, 0.2) is 0 Å². The van der Waals surface area contributed by atoms with Gasteiger partial charge in [-0.05, 0) is 55.0 Å². The van der Waals surface area contributed by atoms with Crippen LogP contribution in [-0.2, 0) is 6.42 Å². The predicted molar refractivity (Wildman–Crippen MR) is 72.2 cm³/mol. The molecule has 2 heteroatoms. The van der Waals surface area contributed by atoms with E-state index in [4.69, 9.17) is 0 Å². The van der Waals surface area contributed by atoms with Gasteiger partial charge in [-0.1, -0.05) is 13.8 Å². The van der Waals surface area contributed by atoms with Gasteiger partial charge in [0.2, 0.25) is 0 Å². The Bertz CT molecular complexity index is 336. The van der Waals surface area contributed by atoms with Crippen LogP contribution in [0.5, 0.6) is 0 Å². The normalized spacial score (nSPS) is 16.7. The molecule has 1 aliphatic carbocycles. The summed E-state index contributed by atoms with van der Waals surface area (Å²) in [6, 6.07) is 3.07. The van der Waals surface area contributed by atoms with Gasteiger partial charge in [-0.15, -0.1) is 11.3 Å². The lowest BCUT2D eigenvalue weighted by Gasteiger charge is -2.25. The Morgan fingerprint density at radius 3 is 2.75 bits per heavy atom. The average Bonchev–Trinajstić information content (AvgIpc) is 2.97. The molecule has 0 bridgehead atoms. The van der Waals surface area contributed by atoms with Crippen LogP contribution in [0.25, 0.3) is 0 Å². The second kappa shape index (κ2) is 4.89. The molecule has 90 valence electrons. The highest BCUT2D eigenvalue weighted by Crippen LogP contribution is 2.27. The molecule has 1 nitrogen and oxygen atoms in total. The minimum Gasteiger partial charge on any atom is -0.313 e. The molecule has 1 N–H and O–H groups in total. The highest BCUT2D eigenvalue weighted by molar-refractivity contribution is 7.10. The maximum atomic E-state index is 3.64. The van der Waals surface area contributed by atoms with Gasteiger partial charge in [-0.25, -0.2) is 0 Å². The first-order valence-corrected chi connectivity index (χ1v) is 7.21. The molecule has 0 saturated heterocycles. The molecule has 0 radical (unpaired) electrons. The summed E-state index contributed by atoms with van der Waals surface area (Å²) in [5.41, 5.74) is 1.90. The van der Waals surface area contributed by atoms with Crippen LogP contribution in [0.4, 0.5) is 0 Å². The monoisotopic (exact) mass is 237 g/mol. The molecule has 1 aromatic rings. The van der Waals surface area contributed by atoms with E-state index in [2.05, 4.69) is 37.5 Å². The van der Waals surface area contributed by atoms with Crippen LogP contribution in [-0.4, -0.2) is 12.6 Å². The second-order valence-electron chi connectivity index (χ2n) is 5.85. The van der Waals surface area contributed by atoms with Gasteiger partial charge in [-0.3, -0.25) is 0 Å². The summed E-state index contributed by atoms with van der Waals surface area (Å²) in [7, 11) is 0. The van der Waals surface area contributed by atoms with Crippen molar-refractivity contribution >= 4 is 11.3 Å². The maximum Gasteiger partial charge on any atom is 0.00746 e. The third-order valence-corrected chi connectivity index (χ3v) is 4.53. The molecule has 1 fully saturated rings. The fourth-order valence-electron chi connectivity index (χ4n) is 1.91. The van der Waals surface area contributed by atoms with Crippen molar-refractivity contribution in [1.29, 1.82) is 0 Å². The van der Waals surface area contributed by atoms with E-state index in [9.17, 15) is 0 Å². The number of hydrogen-bond donors (Lipinski definition) is 1. The van der Waals surface area contributed by atoms with Gasteiger partial charge < -0.3 is 5.32 Å². The van der Waals surface area contributed by atoms with E-state index in [0.717, 1.165) is 6.04 Å². The van der Waals surface area contributed by atoms with Crippen LogP contribution in [0.15, 0.2) is 11.4 Å². The zero-order chi connectivity index (χ0) is 11.6. The standard InChI is InChI=1S/C14H23NS/c1-11-7-9-16-13(11)6-8-14(2,3)10-15-12-4-5-12/h7,9,12,15H,4-6,8,10H2,1-3H3. The first-order valence-electron chi connectivity index (χ1n) is 6.33. The van der Waals surface area contributed by atoms with Gasteiger partial charge in [0.05, 0.1) is 0 Å². The Kier molecular flexibility index (Phi) is 3.70. The lowest BCUT2D eigenvalue weighted by molar-refractivity contribution is 0.314. The van der Waals surface area contributed by atoms with Crippen LogP contribution in [0.1, 0.15) is 43.6 Å². The van der Waals surface area contributed by atoms with Crippen molar-refractivity contribution in [1.82, 2.24) is 5.32 Å². The SMILES string of the molecule is Cc1ccsc1CCC(C)(C)CNC1CC1. The number of aryl methyl sites for hydroxylation is 2. The molecule has 0 spiro atoms. The molecule has 1 heterocycles. The number of thiophene rings is 1. The average molecular weight is 237 g/mol. The van der Waals surface area contributed by atoms with Crippen molar-refractivity contribution in [3.8, 4) is 0 Å². The van der Waals surface area contributed by atoms with E-state index in [0.29, 0.717) is 5.41 Å². The summed E-state index contributed by atoms with van der Waals surface area (Å²) in [4.78, 5) is 1.57. The van der Waals surface area contributed by atoms with Crippen LogP contribution in [0.3, 0.4) is 0 Å². The van der Waals surface area contributed by atoms with E-state index < -0.39 is 0 Å². The lowest BCUT2D eigenvalue weighted by Crippen LogP contribution is -2.31. The molecule has 16 heavy (non-hydrogen) atoms. The minimum absolute atomic E-state index is 0.430. The van der Waals surface area contributed by atoms with Crippen molar-refractivity contribution in [2.45, 2.75) is 52.5 Å². The quantitative estimate of drug-likeness (QED) is 0.794. The molecule has 0 amide bonds. The highest BCUT2D eigenvalue weighted by Gasteiger charge is 2.25. The molecule has 0 aliphatic heterocycles. The van der Waals surface area contributed by atoms with Gasteiger partial charge in [0.1, 0.15) is 0 Å². The molecule has 0 aromatic carbocycles. The zero-order valence-electron chi connectivity index (χ0n) is 10.7. The van der Waals surface area contributed by atoms with Crippen LogP contribution in [0, 0.1) is 12.3 Å². The summed E-state index contributed by atoms with van der Waals surface area (Å²) in [6.07, 6.45) is 5.30. The molecule has 1 aliphatic rings. The summed E-state index contributed by atoms with van der Waals surface area (Å²) in [5.74, 6) is 0. The smallest absolute Gasteiger partial charge is 0.00746 e. The van der Waals surface area contributed by atoms with Gasteiger partial charge in [-0.2, -0.15) is 0 Å². The third-order valence-electron chi connectivity index (χ3n) is 3.44. The van der Waals surface area contributed by atoms with E-state index >= 15 is 0 Å². The van der Waals surface area contributed by atoms with E-state index in [1.807, 2.05) is 11.3 Å². The summed E-state index contributed by atoms with van der Waals surface area (Å²) >= 11 is 1.91. The first-order chi connectivity index (χ1) is 7.57. The number of rotatable bonds is 6. The van der Waals surface area contributed by atoms with Gasteiger partial charge >= 0.3 is 0 Å². The first kappa shape index (κ1) is 12.1. The van der Waals surface area contributed by atoms with Crippen LogP contribution >= 0.6 is 11.3 Å².